The van der Waals surface area contributed by atoms with Crippen LogP contribution in [0.2, 0.25) is 0 Å². The summed E-state index contributed by atoms with van der Waals surface area (Å²) < 4.78 is 17.1. The van der Waals surface area contributed by atoms with Gasteiger partial charge in [-0.15, -0.1) is 0 Å². The van der Waals surface area contributed by atoms with Gasteiger partial charge >= 0.3 is 7.12 Å². The van der Waals surface area contributed by atoms with E-state index in [4.69, 9.17) is 14.0 Å². The zero-order valence-electron chi connectivity index (χ0n) is 16.4. The Labute approximate surface area is 156 Å². The van der Waals surface area contributed by atoms with Gasteiger partial charge in [0.1, 0.15) is 0 Å². The fourth-order valence-electron chi connectivity index (χ4n) is 3.35. The highest BCUT2D eigenvalue weighted by Crippen LogP contribution is 2.36. The van der Waals surface area contributed by atoms with Crippen molar-refractivity contribution in [2.24, 2.45) is 0 Å². The lowest BCUT2D eigenvalue weighted by Crippen LogP contribution is -2.41. The molecule has 5 nitrogen and oxygen atoms in total. The van der Waals surface area contributed by atoms with Crippen molar-refractivity contribution < 1.29 is 19.2 Å². The molecule has 1 aliphatic heterocycles. The SMILES string of the molecule is COC(O)NC1CC=C(c2ccc(B3OC(C)(C)C(C)(C)O3)cc2)CC1. The molecule has 2 aliphatic rings. The summed E-state index contributed by atoms with van der Waals surface area (Å²) >= 11 is 0. The summed E-state index contributed by atoms with van der Waals surface area (Å²) in [4.78, 5) is 0. The Kier molecular flexibility index (Phi) is 5.61. The molecule has 3 rings (SSSR count). The van der Waals surface area contributed by atoms with Gasteiger partial charge in [-0.05, 0) is 63.6 Å². The smallest absolute Gasteiger partial charge is 0.399 e. The van der Waals surface area contributed by atoms with Crippen LogP contribution in [0.4, 0.5) is 0 Å². The number of hydrogen-bond donors (Lipinski definition) is 2. The van der Waals surface area contributed by atoms with Gasteiger partial charge < -0.3 is 19.2 Å². The lowest BCUT2D eigenvalue weighted by molar-refractivity contribution is -0.104. The molecule has 0 radical (unpaired) electrons. The number of methoxy groups -OCH3 is 1. The number of aliphatic hydroxyl groups is 1. The van der Waals surface area contributed by atoms with Gasteiger partial charge in [0.2, 0.25) is 6.41 Å². The molecule has 2 atom stereocenters. The highest BCUT2D eigenvalue weighted by atomic mass is 16.7. The number of benzene rings is 1. The van der Waals surface area contributed by atoms with Crippen LogP contribution in [0.25, 0.3) is 5.57 Å². The molecule has 1 aromatic rings. The largest absolute Gasteiger partial charge is 0.494 e. The maximum atomic E-state index is 9.52. The highest BCUT2D eigenvalue weighted by molar-refractivity contribution is 6.62. The predicted octanol–water partition coefficient (Wildman–Crippen LogP) is 2.43. The summed E-state index contributed by atoms with van der Waals surface area (Å²) in [5, 5.41) is 12.6. The van der Waals surface area contributed by atoms with Crippen LogP contribution in [-0.2, 0) is 14.0 Å². The van der Waals surface area contributed by atoms with Gasteiger partial charge in [0.05, 0.1) is 11.2 Å². The maximum absolute atomic E-state index is 9.52. The first-order valence-corrected chi connectivity index (χ1v) is 9.34. The van der Waals surface area contributed by atoms with Crippen molar-refractivity contribution in [1.82, 2.24) is 5.32 Å². The molecule has 1 heterocycles. The second kappa shape index (κ2) is 7.45. The minimum absolute atomic E-state index is 0.248. The zero-order valence-corrected chi connectivity index (χ0v) is 16.4. The van der Waals surface area contributed by atoms with Gasteiger partial charge in [0.25, 0.3) is 0 Å². The molecule has 0 bridgehead atoms. The van der Waals surface area contributed by atoms with Gasteiger partial charge in [-0.1, -0.05) is 30.3 Å². The van der Waals surface area contributed by atoms with Crippen LogP contribution >= 0.6 is 0 Å². The molecule has 1 aliphatic carbocycles. The minimum Gasteiger partial charge on any atom is -0.399 e. The molecule has 0 aromatic heterocycles. The Hall–Kier alpha value is -1.18. The molecule has 1 saturated heterocycles. The molecule has 0 amide bonds. The number of hydrogen-bond acceptors (Lipinski definition) is 5. The van der Waals surface area contributed by atoms with Crippen LogP contribution in [0.5, 0.6) is 0 Å². The van der Waals surface area contributed by atoms with E-state index in [1.54, 1.807) is 0 Å². The lowest BCUT2D eigenvalue weighted by Gasteiger charge is -2.32. The van der Waals surface area contributed by atoms with Gasteiger partial charge in [0, 0.05) is 13.2 Å². The Morgan fingerprint density at radius 3 is 2.27 bits per heavy atom. The van der Waals surface area contributed by atoms with Crippen molar-refractivity contribution in [1.29, 1.82) is 0 Å². The first-order chi connectivity index (χ1) is 12.2. The van der Waals surface area contributed by atoms with Crippen LogP contribution in [0.15, 0.2) is 30.3 Å². The van der Waals surface area contributed by atoms with Crippen molar-refractivity contribution in [2.45, 2.75) is 70.6 Å². The average molecular weight is 359 g/mol. The molecule has 2 N–H and O–H groups in total. The van der Waals surface area contributed by atoms with Crippen molar-refractivity contribution >= 4 is 18.2 Å². The topological polar surface area (TPSA) is 60.0 Å². The summed E-state index contributed by atoms with van der Waals surface area (Å²) in [6.07, 6.45) is 4.19. The van der Waals surface area contributed by atoms with E-state index in [1.165, 1.54) is 18.2 Å². The summed E-state index contributed by atoms with van der Waals surface area (Å²) in [5.41, 5.74) is 2.98. The van der Waals surface area contributed by atoms with E-state index in [0.717, 1.165) is 24.7 Å². The van der Waals surface area contributed by atoms with Crippen molar-refractivity contribution in [3.8, 4) is 0 Å². The molecular weight excluding hydrogens is 329 g/mol. The Morgan fingerprint density at radius 2 is 1.77 bits per heavy atom. The zero-order chi connectivity index (χ0) is 18.9. The van der Waals surface area contributed by atoms with Crippen LogP contribution in [0.3, 0.4) is 0 Å². The van der Waals surface area contributed by atoms with Crippen molar-refractivity contribution in [3.63, 3.8) is 0 Å². The fraction of sp³-hybridized carbons (Fsp3) is 0.600. The standard InChI is InChI=1S/C20H30BNO4/c1-19(2)20(3,4)26-21(25-19)16-10-6-14(7-11-16)15-8-12-17(13-9-15)22-18(23)24-5/h6-8,10-11,17-18,22-23H,9,12-13H2,1-5H3. The second-order valence-corrected chi connectivity index (χ2v) is 8.17. The highest BCUT2D eigenvalue weighted by Gasteiger charge is 2.51. The van der Waals surface area contributed by atoms with Crippen LogP contribution in [-0.4, -0.2) is 43.0 Å². The van der Waals surface area contributed by atoms with Gasteiger partial charge in [-0.2, -0.15) is 0 Å². The Bertz CT molecular complexity index is 640. The minimum atomic E-state index is -0.894. The Balaban J connectivity index is 1.64. The van der Waals surface area contributed by atoms with E-state index in [1.807, 2.05) is 0 Å². The first kappa shape index (κ1) is 19.6. The normalized spacial score (nSPS) is 25.8. The molecule has 2 unspecified atom stereocenters. The second-order valence-electron chi connectivity index (χ2n) is 8.17. The molecule has 142 valence electrons. The van der Waals surface area contributed by atoms with E-state index >= 15 is 0 Å². The molecule has 1 aromatic carbocycles. The van der Waals surface area contributed by atoms with Gasteiger partial charge in [-0.3, -0.25) is 5.32 Å². The first-order valence-electron chi connectivity index (χ1n) is 9.34. The van der Waals surface area contributed by atoms with Crippen molar-refractivity contribution in [2.75, 3.05) is 7.11 Å². The number of ether oxygens (including phenoxy) is 1. The van der Waals surface area contributed by atoms with E-state index in [9.17, 15) is 5.11 Å². The molecular formula is C20H30BNO4. The van der Waals surface area contributed by atoms with Gasteiger partial charge in [0.15, 0.2) is 0 Å². The molecule has 0 saturated carbocycles. The average Bonchev–Trinajstić information content (AvgIpc) is 2.83. The van der Waals surface area contributed by atoms with Crippen LogP contribution in [0, 0.1) is 0 Å². The van der Waals surface area contributed by atoms with Crippen LogP contribution < -0.4 is 10.8 Å². The molecule has 26 heavy (non-hydrogen) atoms. The predicted molar refractivity (Wildman–Crippen MR) is 104 cm³/mol. The summed E-state index contributed by atoms with van der Waals surface area (Å²) in [5.74, 6) is 0. The number of allylic oxidation sites excluding steroid dienone is 1. The summed E-state index contributed by atoms with van der Waals surface area (Å²) in [7, 11) is 1.17. The van der Waals surface area contributed by atoms with Crippen molar-refractivity contribution in [3.05, 3.63) is 35.9 Å². The third-order valence-corrected chi connectivity index (χ3v) is 5.82. The third-order valence-electron chi connectivity index (χ3n) is 5.82. The lowest BCUT2D eigenvalue weighted by atomic mass is 9.78. The molecule has 1 fully saturated rings. The van der Waals surface area contributed by atoms with E-state index in [-0.39, 0.29) is 24.4 Å². The van der Waals surface area contributed by atoms with E-state index in [0.29, 0.717) is 0 Å². The van der Waals surface area contributed by atoms with Gasteiger partial charge in [-0.25, -0.2) is 0 Å². The quantitative estimate of drug-likeness (QED) is 0.625. The van der Waals surface area contributed by atoms with Crippen LogP contribution in [0.1, 0.15) is 52.5 Å². The third kappa shape index (κ3) is 4.05. The number of aliphatic hydroxyl groups excluding tert-OH is 1. The summed E-state index contributed by atoms with van der Waals surface area (Å²) in [6.45, 7) is 8.27. The van der Waals surface area contributed by atoms with E-state index in [2.05, 4.69) is 63.4 Å². The summed E-state index contributed by atoms with van der Waals surface area (Å²) in [6, 6.07) is 8.72. The molecule has 6 heteroatoms. The maximum Gasteiger partial charge on any atom is 0.494 e. The number of rotatable bonds is 5. The van der Waals surface area contributed by atoms with E-state index < -0.39 is 6.41 Å². The monoisotopic (exact) mass is 359 g/mol. The molecule has 0 spiro atoms. The number of nitrogens with one attached hydrogen (secondary N) is 1. The fourth-order valence-corrected chi connectivity index (χ4v) is 3.35. The Morgan fingerprint density at radius 1 is 1.15 bits per heavy atom.